The minimum absolute atomic E-state index is 0.0835. The average Bonchev–Trinajstić information content (AvgIpc) is 2.61. The van der Waals surface area contributed by atoms with E-state index >= 15 is 0 Å². The van der Waals surface area contributed by atoms with Gasteiger partial charge in [-0.25, -0.2) is 0 Å². The van der Waals surface area contributed by atoms with Gasteiger partial charge in [0.15, 0.2) is 0 Å². The lowest BCUT2D eigenvalue weighted by Crippen LogP contribution is -2.34. The Labute approximate surface area is 148 Å². The lowest BCUT2D eigenvalue weighted by atomic mass is 10.0. The Kier molecular flexibility index (Phi) is 7.47. The molecule has 0 aliphatic heterocycles. The van der Waals surface area contributed by atoms with Crippen LogP contribution in [0.1, 0.15) is 30.6 Å². The summed E-state index contributed by atoms with van der Waals surface area (Å²) < 4.78 is 0. The van der Waals surface area contributed by atoms with Crippen LogP contribution in [0.4, 0.5) is 0 Å². The van der Waals surface area contributed by atoms with Crippen LogP contribution in [-0.2, 0) is 0 Å². The Morgan fingerprint density at radius 3 is 2.38 bits per heavy atom. The summed E-state index contributed by atoms with van der Waals surface area (Å²) in [6, 6.07) is 16.9. The van der Waals surface area contributed by atoms with Gasteiger partial charge in [-0.1, -0.05) is 66.2 Å². The molecule has 3 N–H and O–H groups in total. The number of halogens is 1. The first-order valence-corrected chi connectivity index (χ1v) is 8.52. The van der Waals surface area contributed by atoms with Gasteiger partial charge in [-0.15, -0.1) is 0 Å². The van der Waals surface area contributed by atoms with Gasteiger partial charge >= 0.3 is 0 Å². The van der Waals surface area contributed by atoms with Gasteiger partial charge in [0.25, 0.3) is 0 Å². The first-order chi connectivity index (χ1) is 11.6. The molecular formula is C20H24ClNO2. The van der Waals surface area contributed by atoms with E-state index in [1.54, 1.807) is 6.08 Å². The van der Waals surface area contributed by atoms with Crippen molar-refractivity contribution in [2.75, 3.05) is 6.54 Å². The molecule has 0 fully saturated rings. The number of rotatable bonds is 8. The molecule has 0 saturated carbocycles. The smallest absolute Gasteiger partial charge is 0.0940 e. The van der Waals surface area contributed by atoms with Crippen molar-refractivity contribution in [3.05, 3.63) is 76.8 Å². The van der Waals surface area contributed by atoms with Crippen molar-refractivity contribution in [1.29, 1.82) is 0 Å². The third-order valence-electron chi connectivity index (χ3n) is 3.90. The molecule has 3 atom stereocenters. The Hall–Kier alpha value is -1.65. The summed E-state index contributed by atoms with van der Waals surface area (Å²) in [6.45, 7) is 2.56. The van der Waals surface area contributed by atoms with Crippen LogP contribution in [0.5, 0.6) is 0 Å². The number of hydrogen-bond acceptors (Lipinski definition) is 3. The van der Waals surface area contributed by atoms with E-state index in [2.05, 4.69) is 5.32 Å². The zero-order valence-corrected chi connectivity index (χ0v) is 14.5. The van der Waals surface area contributed by atoms with Crippen molar-refractivity contribution < 1.29 is 10.2 Å². The Balaban J connectivity index is 1.73. The minimum atomic E-state index is -0.562. The van der Waals surface area contributed by atoms with Gasteiger partial charge in [0.05, 0.1) is 12.2 Å². The van der Waals surface area contributed by atoms with Crippen molar-refractivity contribution in [3.63, 3.8) is 0 Å². The fraction of sp³-hybridized carbons (Fsp3) is 0.300. The van der Waals surface area contributed by atoms with Gasteiger partial charge in [-0.2, -0.15) is 0 Å². The number of nitrogens with one attached hydrogen (secondary N) is 1. The highest BCUT2D eigenvalue weighted by atomic mass is 35.5. The van der Waals surface area contributed by atoms with Crippen molar-refractivity contribution in [2.24, 2.45) is 0 Å². The second-order valence-corrected chi connectivity index (χ2v) is 6.30. The molecule has 4 heteroatoms. The van der Waals surface area contributed by atoms with Crippen molar-refractivity contribution in [2.45, 2.75) is 31.6 Å². The molecule has 0 bridgehead atoms. The molecule has 0 spiro atoms. The monoisotopic (exact) mass is 345 g/mol. The Morgan fingerprint density at radius 2 is 1.71 bits per heavy atom. The van der Waals surface area contributed by atoms with Gasteiger partial charge in [0, 0.05) is 11.1 Å². The largest absolute Gasteiger partial charge is 0.389 e. The van der Waals surface area contributed by atoms with E-state index in [1.807, 2.05) is 67.6 Å². The molecule has 24 heavy (non-hydrogen) atoms. The predicted octanol–water partition coefficient (Wildman–Crippen LogP) is 3.82. The maximum atomic E-state index is 10.3. The SMILES string of the molecule is CC(NCCC(O)/C=C/c1ccc(Cl)cc1)C(O)c1ccccc1. The second-order valence-electron chi connectivity index (χ2n) is 5.87. The summed E-state index contributed by atoms with van der Waals surface area (Å²) >= 11 is 5.84. The van der Waals surface area contributed by atoms with Gasteiger partial charge < -0.3 is 15.5 Å². The molecule has 3 nitrogen and oxygen atoms in total. The van der Waals surface area contributed by atoms with Crippen LogP contribution in [0.2, 0.25) is 5.02 Å². The lowest BCUT2D eigenvalue weighted by molar-refractivity contribution is 0.132. The molecular weight excluding hydrogens is 322 g/mol. The minimum Gasteiger partial charge on any atom is -0.389 e. The maximum absolute atomic E-state index is 10.3. The number of aliphatic hydroxyl groups excluding tert-OH is 2. The second kappa shape index (κ2) is 9.60. The van der Waals surface area contributed by atoms with Crippen molar-refractivity contribution in [3.8, 4) is 0 Å². The van der Waals surface area contributed by atoms with Crippen LogP contribution in [0.3, 0.4) is 0 Å². The third-order valence-corrected chi connectivity index (χ3v) is 4.15. The highest BCUT2D eigenvalue weighted by molar-refractivity contribution is 6.30. The zero-order valence-electron chi connectivity index (χ0n) is 13.8. The van der Waals surface area contributed by atoms with Crippen LogP contribution in [0.25, 0.3) is 6.08 Å². The standard InChI is InChI=1S/C20H24ClNO2/c1-15(20(24)17-5-3-2-4-6-17)22-14-13-19(23)12-9-16-7-10-18(21)11-8-16/h2-12,15,19-20,22-24H,13-14H2,1H3/b12-9+. The van der Waals surface area contributed by atoms with Crippen molar-refractivity contribution in [1.82, 2.24) is 5.32 Å². The molecule has 3 unspecified atom stereocenters. The first-order valence-electron chi connectivity index (χ1n) is 8.14. The number of aliphatic hydroxyl groups is 2. The summed E-state index contributed by atoms with van der Waals surface area (Å²) in [5, 5.41) is 24.3. The van der Waals surface area contributed by atoms with E-state index in [0.29, 0.717) is 18.0 Å². The van der Waals surface area contributed by atoms with Crippen LogP contribution >= 0.6 is 11.6 Å². The quantitative estimate of drug-likeness (QED) is 0.681. The zero-order chi connectivity index (χ0) is 17.4. The predicted molar refractivity (Wildman–Crippen MR) is 100.0 cm³/mol. The fourth-order valence-electron chi connectivity index (χ4n) is 2.40. The highest BCUT2D eigenvalue weighted by Crippen LogP contribution is 2.16. The number of hydrogen-bond donors (Lipinski definition) is 3. The maximum Gasteiger partial charge on any atom is 0.0940 e. The summed E-state index contributed by atoms with van der Waals surface area (Å²) in [7, 11) is 0. The van der Waals surface area contributed by atoms with E-state index in [4.69, 9.17) is 11.6 Å². The van der Waals surface area contributed by atoms with E-state index in [-0.39, 0.29) is 6.04 Å². The van der Waals surface area contributed by atoms with Crippen LogP contribution in [-0.4, -0.2) is 28.9 Å². The van der Waals surface area contributed by atoms with Gasteiger partial charge in [0.2, 0.25) is 0 Å². The van der Waals surface area contributed by atoms with Crippen LogP contribution in [0.15, 0.2) is 60.7 Å². The molecule has 0 aromatic heterocycles. The first kappa shape index (κ1) is 18.7. The Bertz CT molecular complexity index is 628. The van der Waals surface area contributed by atoms with E-state index in [0.717, 1.165) is 11.1 Å². The van der Waals surface area contributed by atoms with Gasteiger partial charge in [0.1, 0.15) is 0 Å². The molecule has 2 rings (SSSR count). The molecule has 2 aromatic carbocycles. The topological polar surface area (TPSA) is 52.5 Å². The lowest BCUT2D eigenvalue weighted by Gasteiger charge is -2.21. The van der Waals surface area contributed by atoms with Crippen LogP contribution < -0.4 is 5.32 Å². The summed E-state index contributed by atoms with van der Waals surface area (Å²) in [5.74, 6) is 0. The molecule has 0 radical (unpaired) electrons. The normalized spacial score (nSPS) is 15.3. The van der Waals surface area contributed by atoms with E-state index < -0.39 is 12.2 Å². The molecule has 0 heterocycles. The molecule has 0 saturated heterocycles. The Morgan fingerprint density at radius 1 is 1.04 bits per heavy atom. The molecule has 128 valence electrons. The van der Waals surface area contributed by atoms with E-state index in [1.165, 1.54) is 0 Å². The van der Waals surface area contributed by atoms with E-state index in [9.17, 15) is 10.2 Å². The third kappa shape index (κ3) is 6.10. The molecule has 0 amide bonds. The van der Waals surface area contributed by atoms with Crippen molar-refractivity contribution >= 4 is 17.7 Å². The number of benzene rings is 2. The van der Waals surface area contributed by atoms with Gasteiger partial charge in [-0.05, 0) is 43.1 Å². The summed E-state index contributed by atoms with van der Waals surface area (Å²) in [6.07, 6.45) is 3.13. The van der Waals surface area contributed by atoms with Crippen LogP contribution in [0, 0.1) is 0 Å². The summed E-state index contributed by atoms with van der Waals surface area (Å²) in [4.78, 5) is 0. The molecule has 2 aromatic rings. The molecule has 0 aliphatic rings. The molecule has 0 aliphatic carbocycles. The average molecular weight is 346 g/mol. The van der Waals surface area contributed by atoms with Gasteiger partial charge in [-0.3, -0.25) is 0 Å². The fourth-order valence-corrected chi connectivity index (χ4v) is 2.53. The highest BCUT2D eigenvalue weighted by Gasteiger charge is 2.15. The summed E-state index contributed by atoms with van der Waals surface area (Å²) in [5.41, 5.74) is 1.89.